The summed E-state index contributed by atoms with van der Waals surface area (Å²) in [6.07, 6.45) is 6.65. The van der Waals surface area contributed by atoms with Crippen molar-refractivity contribution in [1.29, 1.82) is 0 Å². The molecular weight excluding hydrogens is 228 g/mol. The number of nitrogens with two attached hydrogens (primary N) is 1. The van der Waals surface area contributed by atoms with Crippen molar-refractivity contribution in [3.8, 4) is 0 Å². The lowest BCUT2D eigenvalue weighted by atomic mass is 9.89. The molecule has 18 heavy (non-hydrogen) atoms. The first-order valence-corrected chi connectivity index (χ1v) is 6.51. The molecular formula is C13H20N4O. The van der Waals surface area contributed by atoms with Crippen molar-refractivity contribution in [3.05, 3.63) is 17.8 Å². The Hall–Kier alpha value is -1.65. The zero-order valence-electron chi connectivity index (χ0n) is 10.8. The molecule has 1 aliphatic rings. The van der Waals surface area contributed by atoms with Gasteiger partial charge < -0.3 is 10.6 Å². The van der Waals surface area contributed by atoms with Gasteiger partial charge in [0.15, 0.2) is 11.5 Å². The Labute approximate surface area is 107 Å². The van der Waals surface area contributed by atoms with Crippen LogP contribution in [0.1, 0.15) is 42.6 Å². The van der Waals surface area contributed by atoms with Gasteiger partial charge in [-0.15, -0.1) is 10.2 Å². The Morgan fingerprint density at radius 3 is 2.61 bits per heavy atom. The molecule has 5 nitrogen and oxygen atoms in total. The monoisotopic (exact) mass is 248 g/mol. The van der Waals surface area contributed by atoms with Crippen LogP contribution in [0.25, 0.3) is 0 Å². The van der Waals surface area contributed by atoms with Crippen molar-refractivity contribution in [2.45, 2.75) is 32.1 Å². The maximum atomic E-state index is 10.9. The second-order valence-electron chi connectivity index (χ2n) is 5.03. The van der Waals surface area contributed by atoms with Gasteiger partial charge in [-0.2, -0.15) is 0 Å². The number of rotatable bonds is 4. The maximum absolute atomic E-state index is 10.9. The largest absolute Gasteiger partial charge is 0.364 e. The Morgan fingerprint density at radius 2 is 2.06 bits per heavy atom. The van der Waals surface area contributed by atoms with Crippen LogP contribution in [0, 0.1) is 5.92 Å². The van der Waals surface area contributed by atoms with Crippen LogP contribution in [-0.2, 0) is 0 Å². The van der Waals surface area contributed by atoms with Gasteiger partial charge in [0, 0.05) is 13.6 Å². The average Bonchev–Trinajstić information content (AvgIpc) is 2.40. The summed E-state index contributed by atoms with van der Waals surface area (Å²) < 4.78 is 0. The number of carbonyl (C=O) groups is 1. The van der Waals surface area contributed by atoms with E-state index in [1.807, 2.05) is 7.05 Å². The highest BCUT2D eigenvalue weighted by atomic mass is 16.1. The number of hydrogen-bond acceptors (Lipinski definition) is 4. The van der Waals surface area contributed by atoms with Crippen LogP contribution in [0.5, 0.6) is 0 Å². The van der Waals surface area contributed by atoms with Crippen LogP contribution in [0.15, 0.2) is 12.1 Å². The molecule has 1 fully saturated rings. The SMILES string of the molecule is CN(CC1CCCCC1)c1ccc(C(N)=O)nn1. The Balaban J connectivity index is 1.95. The minimum Gasteiger partial charge on any atom is -0.364 e. The molecule has 0 aromatic carbocycles. The summed E-state index contributed by atoms with van der Waals surface area (Å²) in [6.45, 7) is 1.00. The van der Waals surface area contributed by atoms with Gasteiger partial charge in [0.2, 0.25) is 0 Å². The number of anilines is 1. The Bertz CT molecular complexity index is 398. The summed E-state index contributed by atoms with van der Waals surface area (Å²) in [4.78, 5) is 13.0. The molecule has 0 radical (unpaired) electrons. The van der Waals surface area contributed by atoms with Crippen LogP contribution in [0.2, 0.25) is 0 Å². The molecule has 1 heterocycles. The third-order valence-electron chi connectivity index (χ3n) is 3.55. The summed E-state index contributed by atoms with van der Waals surface area (Å²) in [6, 6.07) is 3.43. The van der Waals surface area contributed by atoms with E-state index < -0.39 is 5.91 Å². The van der Waals surface area contributed by atoms with E-state index in [-0.39, 0.29) is 5.69 Å². The van der Waals surface area contributed by atoms with Gasteiger partial charge in [-0.25, -0.2) is 0 Å². The predicted molar refractivity (Wildman–Crippen MR) is 70.4 cm³/mol. The van der Waals surface area contributed by atoms with E-state index in [0.717, 1.165) is 18.3 Å². The highest BCUT2D eigenvalue weighted by Crippen LogP contribution is 2.25. The van der Waals surface area contributed by atoms with Crippen LogP contribution < -0.4 is 10.6 Å². The van der Waals surface area contributed by atoms with Crippen LogP contribution in [0.4, 0.5) is 5.82 Å². The summed E-state index contributed by atoms with van der Waals surface area (Å²) in [7, 11) is 2.02. The maximum Gasteiger partial charge on any atom is 0.269 e. The molecule has 1 aliphatic carbocycles. The average molecular weight is 248 g/mol. The molecule has 1 aromatic rings. The quantitative estimate of drug-likeness (QED) is 0.878. The van der Waals surface area contributed by atoms with Gasteiger partial charge in [-0.1, -0.05) is 19.3 Å². The molecule has 1 aromatic heterocycles. The molecule has 2 rings (SSSR count). The molecule has 0 spiro atoms. The van der Waals surface area contributed by atoms with E-state index in [1.54, 1.807) is 12.1 Å². The first-order chi connectivity index (χ1) is 8.66. The number of amides is 1. The summed E-state index contributed by atoms with van der Waals surface area (Å²) in [5, 5.41) is 7.87. The van der Waals surface area contributed by atoms with Gasteiger partial charge in [-0.3, -0.25) is 4.79 Å². The summed E-state index contributed by atoms with van der Waals surface area (Å²) in [5.74, 6) is 1.01. The molecule has 5 heteroatoms. The van der Waals surface area contributed by atoms with Crippen LogP contribution >= 0.6 is 0 Å². The van der Waals surface area contributed by atoms with Crippen molar-refractivity contribution < 1.29 is 4.79 Å². The third kappa shape index (κ3) is 3.18. The topological polar surface area (TPSA) is 72.1 Å². The molecule has 1 saturated carbocycles. The Morgan fingerprint density at radius 1 is 1.33 bits per heavy atom. The van der Waals surface area contributed by atoms with Crippen molar-refractivity contribution >= 4 is 11.7 Å². The number of carbonyl (C=O) groups excluding carboxylic acids is 1. The van der Waals surface area contributed by atoms with E-state index in [0.29, 0.717) is 0 Å². The van der Waals surface area contributed by atoms with Crippen LogP contribution in [0.3, 0.4) is 0 Å². The normalized spacial score (nSPS) is 16.5. The zero-order chi connectivity index (χ0) is 13.0. The lowest BCUT2D eigenvalue weighted by molar-refractivity contribution is 0.0994. The van der Waals surface area contributed by atoms with E-state index in [9.17, 15) is 4.79 Å². The van der Waals surface area contributed by atoms with E-state index in [4.69, 9.17) is 5.73 Å². The first kappa shape index (κ1) is 12.8. The molecule has 0 unspecified atom stereocenters. The number of aromatic nitrogens is 2. The molecule has 0 atom stereocenters. The molecule has 98 valence electrons. The Kier molecular flexibility index (Phi) is 4.12. The fraction of sp³-hybridized carbons (Fsp3) is 0.615. The lowest BCUT2D eigenvalue weighted by Crippen LogP contribution is -2.28. The minimum atomic E-state index is -0.538. The molecule has 1 amide bonds. The summed E-state index contributed by atoms with van der Waals surface area (Å²) >= 11 is 0. The first-order valence-electron chi connectivity index (χ1n) is 6.51. The van der Waals surface area contributed by atoms with Crippen molar-refractivity contribution in [3.63, 3.8) is 0 Å². The molecule has 0 aliphatic heterocycles. The second-order valence-corrected chi connectivity index (χ2v) is 5.03. The highest BCUT2D eigenvalue weighted by Gasteiger charge is 2.16. The van der Waals surface area contributed by atoms with Gasteiger partial charge >= 0.3 is 0 Å². The number of nitrogens with zero attached hydrogens (tertiary/aromatic N) is 3. The smallest absolute Gasteiger partial charge is 0.269 e. The van der Waals surface area contributed by atoms with Crippen molar-refractivity contribution in [2.75, 3.05) is 18.5 Å². The minimum absolute atomic E-state index is 0.213. The van der Waals surface area contributed by atoms with Gasteiger partial charge in [0.05, 0.1) is 0 Å². The van der Waals surface area contributed by atoms with Gasteiger partial charge in [0.1, 0.15) is 0 Å². The number of primary amides is 1. The molecule has 2 N–H and O–H groups in total. The summed E-state index contributed by atoms with van der Waals surface area (Å²) in [5.41, 5.74) is 5.35. The lowest BCUT2D eigenvalue weighted by Gasteiger charge is -2.27. The van der Waals surface area contributed by atoms with Crippen molar-refractivity contribution in [2.24, 2.45) is 11.7 Å². The van der Waals surface area contributed by atoms with Gasteiger partial charge in [-0.05, 0) is 30.9 Å². The molecule has 0 bridgehead atoms. The fourth-order valence-electron chi connectivity index (χ4n) is 2.51. The van der Waals surface area contributed by atoms with E-state index in [2.05, 4.69) is 15.1 Å². The van der Waals surface area contributed by atoms with Crippen LogP contribution in [-0.4, -0.2) is 29.7 Å². The van der Waals surface area contributed by atoms with E-state index >= 15 is 0 Å². The third-order valence-corrected chi connectivity index (χ3v) is 3.55. The zero-order valence-corrected chi connectivity index (χ0v) is 10.8. The van der Waals surface area contributed by atoms with E-state index in [1.165, 1.54) is 32.1 Å². The second kappa shape index (κ2) is 5.80. The molecule has 0 saturated heterocycles. The number of hydrogen-bond donors (Lipinski definition) is 1. The predicted octanol–water partition coefficient (Wildman–Crippen LogP) is 1.59. The highest BCUT2D eigenvalue weighted by molar-refractivity contribution is 5.90. The standard InChI is InChI=1S/C13H20N4O/c1-17(9-10-5-3-2-4-6-10)12-8-7-11(13(14)18)15-16-12/h7-8,10H,2-6,9H2,1H3,(H2,14,18). The van der Waals surface area contributed by atoms with Gasteiger partial charge in [0.25, 0.3) is 5.91 Å². The fourth-order valence-corrected chi connectivity index (χ4v) is 2.51. The van der Waals surface area contributed by atoms with Crippen molar-refractivity contribution in [1.82, 2.24) is 10.2 Å².